The van der Waals surface area contributed by atoms with E-state index in [-0.39, 0.29) is 5.57 Å². The second-order valence-electron chi connectivity index (χ2n) is 1.94. The van der Waals surface area contributed by atoms with Crippen LogP contribution >= 0.6 is 0 Å². The standard InChI is InChI=1S/C6H6N2O2/c1-3-5(9)7-4(2)8-6(3)10/h1H2,2H3,(H,7,8,9,10). The van der Waals surface area contributed by atoms with Crippen LogP contribution in [0.25, 0.3) is 0 Å². The predicted octanol–water partition coefficient (Wildman–Crippen LogP) is -0.383. The summed E-state index contributed by atoms with van der Waals surface area (Å²) < 4.78 is 0. The van der Waals surface area contributed by atoms with Crippen molar-refractivity contribution in [1.29, 1.82) is 0 Å². The molecule has 52 valence electrons. The van der Waals surface area contributed by atoms with E-state index in [1.807, 2.05) is 0 Å². The highest BCUT2D eigenvalue weighted by molar-refractivity contribution is 6.27. The predicted molar refractivity (Wildman–Crippen MR) is 35.4 cm³/mol. The van der Waals surface area contributed by atoms with Crippen LogP contribution in [0.5, 0.6) is 0 Å². The molecule has 0 aromatic heterocycles. The number of amidine groups is 1. The van der Waals surface area contributed by atoms with E-state index in [2.05, 4.69) is 16.9 Å². The van der Waals surface area contributed by atoms with Gasteiger partial charge in [-0.15, -0.1) is 0 Å². The highest BCUT2D eigenvalue weighted by Crippen LogP contribution is 1.99. The van der Waals surface area contributed by atoms with Gasteiger partial charge >= 0.3 is 0 Å². The summed E-state index contributed by atoms with van der Waals surface area (Å²) in [5, 5.41) is 2.35. The van der Waals surface area contributed by atoms with Gasteiger partial charge in [-0.2, -0.15) is 4.99 Å². The van der Waals surface area contributed by atoms with E-state index < -0.39 is 11.8 Å². The molecule has 1 aliphatic heterocycles. The minimum atomic E-state index is -0.554. The maximum absolute atomic E-state index is 10.7. The molecule has 0 unspecified atom stereocenters. The molecule has 0 atom stereocenters. The number of hydrogen-bond acceptors (Lipinski definition) is 2. The number of amides is 2. The average molecular weight is 138 g/mol. The molecule has 1 aliphatic rings. The molecule has 1 N–H and O–H groups in total. The number of nitrogens with zero attached hydrogens (tertiary/aromatic N) is 1. The molecule has 0 bridgehead atoms. The molecule has 2 amide bonds. The third-order valence-electron chi connectivity index (χ3n) is 1.10. The largest absolute Gasteiger partial charge is 0.310 e. The Bertz CT molecular complexity index is 252. The van der Waals surface area contributed by atoms with Gasteiger partial charge in [0.05, 0.1) is 5.57 Å². The quantitative estimate of drug-likeness (QED) is 0.366. The third kappa shape index (κ3) is 0.953. The lowest BCUT2D eigenvalue weighted by Gasteiger charge is -2.09. The molecule has 4 heteroatoms. The minimum absolute atomic E-state index is 0.106. The maximum Gasteiger partial charge on any atom is 0.283 e. The second-order valence-corrected chi connectivity index (χ2v) is 1.94. The summed E-state index contributed by atoms with van der Waals surface area (Å²) in [7, 11) is 0. The summed E-state index contributed by atoms with van der Waals surface area (Å²) in [5.41, 5.74) is -0.106. The van der Waals surface area contributed by atoms with Gasteiger partial charge in [0.1, 0.15) is 5.84 Å². The zero-order valence-electron chi connectivity index (χ0n) is 5.47. The molecule has 0 saturated heterocycles. The number of nitrogens with one attached hydrogen (secondary N) is 1. The first kappa shape index (κ1) is 6.67. The van der Waals surface area contributed by atoms with E-state index >= 15 is 0 Å². The van der Waals surface area contributed by atoms with Crippen LogP contribution in [0.4, 0.5) is 0 Å². The molecule has 1 heterocycles. The summed E-state index contributed by atoms with van der Waals surface area (Å²) in [4.78, 5) is 24.8. The lowest BCUT2D eigenvalue weighted by molar-refractivity contribution is -0.121. The van der Waals surface area contributed by atoms with Crippen molar-refractivity contribution in [2.45, 2.75) is 6.92 Å². The third-order valence-corrected chi connectivity index (χ3v) is 1.10. The first-order chi connectivity index (χ1) is 4.61. The summed E-state index contributed by atoms with van der Waals surface area (Å²) in [6.45, 7) is 4.79. The van der Waals surface area contributed by atoms with Gasteiger partial charge in [0, 0.05) is 0 Å². The van der Waals surface area contributed by atoms with E-state index in [4.69, 9.17) is 0 Å². The zero-order chi connectivity index (χ0) is 7.72. The Hall–Kier alpha value is -1.45. The lowest BCUT2D eigenvalue weighted by Crippen LogP contribution is -2.36. The fraction of sp³-hybridized carbons (Fsp3) is 0.167. The number of carbonyl (C=O) groups excluding carboxylic acids is 2. The Morgan fingerprint density at radius 3 is 2.60 bits per heavy atom. The zero-order valence-corrected chi connectivity index (χ0v) is 5.47. The second kappa shape index (κ2) is 2.06. The molecule has 1 rings (SSSR count). The van der Waals surface area contributed by atoms with Crippen molar-refractivity contribution in [2.75, 3.05) is 0 Å². The average Bonchev–Trinajstić information content (AvgIpc) is 1.82. The number of carbonyl (C=O) groups is 2. The highest BCUT2D eigenvalue weighted by atomic mass is 16.2. The Balaban J connectivity index is 3.01. The van der Waals surface area contributed by atoms with Gasteiger partial charge in [0.2, 0.25) is 0 Å². The topological polar surface area (TPSA) is 58.5 Å². The van der Waals surface area contributed by atoms with Gasteiger partial charge in [0.25, 0.3) is 11.8 Å². The van der Waals surface area contributed by atoms with Crippen LogP contribution in [0.1, 0.15) is 6.92 Å². The van der Waals surface area contributed by atoms with Crippen LogP contribution < -0.4 is 5.32 Å². The molecule has 4 nitrogen and oxygen atoms in total. The molecule has 0 aromatic rings. The Morgan fingerprint density at radius 2 is 2.10 bits per heavy atom. The highest BCUT2D eigenvalue weighted by Gasteiger charge is 2.20. The molecule has 0 fully saturated rings. The van der Waals surface area contributed by atoms with Crippen molar-refractivity contribution in [3.8, 4) is 0 Å². The van der Waals surface area contributed by atoms with Crippen molar-refractivity contribution in [3.05, 3.63) is 12.2 Å². The molecular weight excluding hydrogens is 132 g/mol. The Kier molecular flexibility index (Phi) is 1.37. The van der Waals surface area contributed by atoms with Gasteiger partial charge in [-0.3, -0.25) is 9.59 Å². The van der Waals surface area contributed by atoms with Crippen LogP contribution in [0.15, 0.2) is 17.1 Å². The Morgan fingerprint density at radius 1 is 1.50 bits per heavy atom. The van der Waals surface area contributed by atoms with Crippen molar-refractivity contribution in [2.24, 2.45) is 4.99 Å². The first-order valence-electron chi connectivity index (χ1n) is 2.71. The lowest BCUT2D eigenvalue weighted by atomic mass is 10.2. The molecule has 0 radical (unpaired) electrons. The fourth-order valence-corrected chi connectivity index (χ4v) is 0.585. The summed E-state index contributed by atoms with van der Waals surface area (Å²) in [6.07, 6.45) is 0. The van der Waals surface area contributed by atoms with Crippen LogP contribution in [0.2, 0.25) is 0 Å². The van der Waals surface area contributed by atoms with Crippen molar-refractivity contribution < 1.29 is 9.59 Å². The maximum atomic E-state index is 10.7. The number of hydrogen-bond donors (Lipinski definition) is 1. The van der Waals surface area contributed by atoms with E-state index in [9.17, 15) is 9.59 Å². The molecule has 0 aromatic carbocycles. The normalized spacial score (nSPS) is 18.5. The van der Waals surface area contributed by atoms with Gasteiger partial charge in [-0.05, 0) is 6.92 Å². The van der Waals surface area contributed by atoms with Gasteiger partial charge in [-0.25, -0.2) is 0 Å². The van der Waals surface area contributed by atoms with Crippen LogP contribution in [0, 0.1) is 0 Å². The Labute approximate surface area is 57.6 Å². The molecule has 0 spiro atoms. The van der Waals surface area contributed by atoms with Gasteiger partial charge < -0.3 is 5.32 Å². The summed E-state index contributed by atoms with van der Waals surface area (Å²) in [6, 6.07) is 0. The van der Waals surface area contributed by atoms with Gasteiger partial charge in [-0.1, -0.05) is 6.58 Å². The van der Waals surface area contributed by atoms with Crippen molar-refractivity contribution >= 4 is 17.6 Å². The monoisotopic (exact) mass is 138 g/mol. The molecular formula is C6H6N2O2. The smallest absolute Gasteiger partial charge is 0.283 e. The number of rotatable bonds is 0. The molecule has 10 heavy (non-hydrogen) atoms. The fourth-order valence-electron chi connectivity index (χ4n) is 0.585. The van der Waals surface area contributed by atoms with Crippen molar-refractivity contribution in [3.63, 3.8) is 0 Å². The van der Waals surface area contributed by atoms with E-state index in [0.717, 1.165) is 0 Å². The summed E-state index contributed by atoms with van der Waals surface area (Å²) in [5.74, 6) is -0.693. The van der Waals surface area contributed by atoms with Crippen LogP contribution in [-0.4, -0.2) is 17.6 Å². The number of aliphatic imine (C=N–C) groups is 1. The van der Waals surface area contributed by atoms with E-state index in [1.54, 1.807) is 6.92 Å². The van der Waals surface area contributed by atoms with E-state index in [0.29, 0.717) is 5.84 Å². The van der Waals surface area contributed by atoms with Crippen LogP contribution in [-0.2, 0) is 9.59 Å². The summed E-state index contributed by atoms with van der Waals surface area (Å²) >= 11 is 0. The van der Waals surface area contributed by atoms with Crippen LogP contribution in [0.3, 0.4) is 0 Å². The molecule has 0 saturated carbocycles. The van der Waals surface area contributed by atoms with Crippen molar-refractivity contribution in [1.82, 2.24) is 5.32 Å². The SMILES string of the molecule is C=C1C(=O)N=C(C)NC1=O. The first-order valence-corrected chi connectivity index (χ1v) is 2.71. The minimum Gasteiger partial charge on any atom is -0.310 e. The van der Waals surface area contributed by atoms with Gasteiger partial charge in [0.15, 0.2) is 0 Å². The van der Waals surface area contributed by atoms with E-state index in [1.165, 1.54) is 0 Å². The molecule has 0 aliphatic carbocycles.